The predicted molar refractivity (Wildman–Crippen MR) is 117 cm³/mol. The average Bonchev–Trinajstić information content (AvgIpc) is 3.13. The average molecular weight is 412 g/mol. The van der Waals surface area contributed by atoms with Crippen LogP contribution in [0.2, 0.25) is 0 Å². The third-order valence-corrected chi connectivity index (χ3v) is 5.25. The largest absolute Gasteiger partial charge is 0.465 e. The van der Waals surface area contributed by atoms with Gasteiger partial charge in [0.15, 0.2) is 5.11 Å². The number of likely N-dealkylation sites (tertiary alicyclic amines) is 1. The summed E-state index contributed by atoms with van der Waals surface area (Å²) in [5.41, 5.74) is 4.26. The monoisotopic (exact) mass is 411 g/mol. The highest BCUT2D eigenvalue weighted by atomic mass is 32.1. The van der Waals surface area contributed by atoms with Crippen LogP contribution in [0.15, 0.2) is 42.5 Å². The molecular weight excluding hydrogens is 386 g/mol. The van der Waals surface area contributed by atoms with E-state index in [-0.39, 0.29) is 11.9 Å². The van der Waals surface area contributed by atoms with Crippen LogP contribution in [0, 0.1) is 6.92 Å². The minimum Gasteiger partial charge on any atom is -0.465 e. The summed E-state index contributed by atoms with van der Waals surface area (Å²) in [5, 5.41) is 6.78. The Kier molecular flexibility index (Phi) is 6.82. The van der Waals surface area contributed by atoms with Crippen molar-refractivity contribution in [3.05, 3.63) is 64.7 Å². The van der Waals surface area contributed by atoms with Gasteiger partial charge in [0.05, 0.1) is 12.7 Å². The van der Waals surface area contributed by atoms with Gasteiger partial charge in [-0.1, -0.05) is 30.3 Å². The van der Waals surface area contributed by atoms with Gasteiger partial charge in [-0.15, -0.1) is 0 Å². The van der Waals surface area contributed by atoms with Crippen LogP contribution in [0.1, 0.15) is 39.9 Å². The number of anilines is 1. The lowest BCUT2D eigenvalue weighted by molar-refractivity contribution is -0.128. The molecule has 2 aromatic rings. The van der Waals surface area contributed by atoms with Crippen molar-refractivity contribution >= 4 is 34.9 Å². The number of nitrogens with one attached hydrogen (secondary N) is 2. The number of amides is 1. The van der Waals surface area contributed by atoms with Crippen molar-refractivity contribution in [2.45, 2.75) is 32.9 Å². The van der Waals surface area contributed by atoms with Crippen LogP contribution in [0.25, 0.3) is 0 Å². The first kappa shape index (κ1) is 20.8. The summed E-state index contributed by atoms with van der Waals surface area (Å²) in [4.78, 5) is 25.5. The van der Waals surface area contributed by atoms with E-state index in [0.717, 1.165) is 35.3 Å². The third-order valence-electron chi connectivity index (χ3n) is 5.01. The molecule has 0 atom stereocenters. The van der Waals surface area contributed by atoms with E-state index >= 15 is 0 Å². The molecule has 1 saturated heterocycles. The minimum absolute atomic E-state index is 0.235. The van der Waals surface area contributed by atoms with Crippen LogP contribution in [0.4, 0.5) is 5.69 Å². The SMILES string of the molecule is COC(=O)c1cccc(NC(=S)NCc2ccc(CN3CCCC3=O)cc2)c1C. The van der Waals surface area contributed by atoms with Crippen LogP contribution < -0.4 is 10.6 Å². The van der Waals surface area contributed by atoms with Crippen LogP contribution in [0.3, 0.4) is 0 Å². The summed E-state index contributed by atoms with van der Waals surface area (Å²) in [6.07, 6.45) is 1.61. The topological polar surface area (TPSA) is 70.7 Å². The molecule has 0 unspecified atom stereocenters. The molecule has 29 heavy (non-hydrogen) atoms. The standard InChI is InChI=1S/C22H25N3O3S/c1-15-18(21(27)28-2)5-3-6-19(15)24-22(29)23-13-16-8-10-17(11-9-16)14-25-12-4-7-20(25)26/h3,5-6,8-11H,4,7,12-14H2,1-2H3,(H2,23,24,29). The van der Waals surface area contributed by atoms with Gasteiger partial charge in [0.25, 0.3) is 0 Å². The van der Waals surface area contributed by atoms with Gasteiger partial charge >= 0.3 is 5.97 Å². The van der Waals surface area contributed by atoms with E-state index in [1.54, 1.807) is 12.1 Å². The smallest absolute Gasteiger partial charge is 0.338 e. The number of rotatable bonds is 6. The van der Waals surface area contributed by atoms with Crippen molar-refractivity contribution in [2.24, 2.45) is 0 Å². The fraction of sp³-hybridized carbons (Fsp3) is 0.318. The molecule has 1 fully saturated rings. The number of esters is 1. The number of thiocarbonyl (C=S) groups is 1. The molecule has 3 rings (SSSR count). The second-order valence-corrected chi connectivity index (χ2v) is 7.42. The highest BCUT2D eigenvalue weighted by molar-refractivity contribution is 7.80. The molecule has 1 aliphatic heterocycles. The first-order chi connectivity index (χ1) is 14.0. The highest BCUT2D eigenvalue weighted by Gasteiger charge is 2.19. The molecule has 1 aliphatic rings. The minimum atomic E-state index is -0.374. The quantitative estimate of drug-likeness (QED) is 0.561. The number of carbonyl (C=O) groups excluding carboxylic acids is 2. The van der Waals surface area contributed by atoms with Gasteiger partial charge in [-0.3, -0.25) is 4.79 Å². The number of ether oxygens (including phenoxy) is 1. The second-order valence-electron chi connectivity index (χ2n) is 7.01. The lowest BCUT2D eigenvalue weighted by Gasteiger charge is -2.16. The van der Waals surface area contributed by atoms with Gasteiger partial charge in [0, 0.05) is 31.7 Å². The molecule has 2 aromatic carbocycles. The van der Waals surface area contributed by atoms with E-state index in [2.05, 4.69) is 10.6 Å². The van der Waals surface area contributed by atoms with Crippen molar-refractivity contribution in [1.29, 1.82) is 0 Å². The first-order valence-corrected chi connectivity index (χ1v) is 9.97. The fourth-order valence-electron chi connectivity index (χ4n) is 3.31. The molecule has 1 heterocycles. The number of hydrogen-bond donors (Lipinski definition) is 2. The third kappa shape index (κ3) is 5.32. The van der Waals surface area contributed by atoms with Crippen LogP contribution in [-0.4, -0.2) is 35.5 Å². The maximum Gasteiger partial charge on any atom is 0.338 e. The molecule has 1 amide bonds. The summed E-state index contributed by atoms with van der Waals surface area (Å²) in [6, 6.07) is 13.5. The van der Waals surface area contributed by atoms with E-state index in [1.165, 1.54) is 7.11 Å². The Bertz CT molecular complexity index is 912. The van der Waals surface area contributed by atoms with Gasteiger partial charge < -0.3 is 20.3 Å². The Morgan fingerprint density at radius 2 is 1.90 bits per heavy atom. The predicted octanol–water partition coefficient (Wildman–Crippen LogP) is 3.39. The van der Waals surface area contributed by atoms with Crippen molar-refractivity contribution in [1.82, 2.24) is 10.2 Å². The second kappa shape index (κ2) is 9.52. The summed E-state index contributed by atoms with van der Waals surface area (Å²) in [5.74, 6) is -0.139. The van der Waals surface area contributed by atoms with Gasteiger partial charge in [-0.05, 0) is 54.4 Å². The molecule has 0 spiro atoms. The van der Waals surface area contributed by atoms with Gasteiger partial charge in [-0.25, -0.2) is 4.79 Å². The molecule has 0 bridgehead atoms. The summed E-state index contributed by atoms with van der Waals surface area (Å²) >= 11 is 5.38. The van der Waals surface area contributed by atoms with Crippen LogP contribution in [-0.2, 0) is 22.6 Å². The van der Waals surface area contributed by atoms with Gasteiger partial charge in [0.2, 0.25) is 5.91 Å². The van der Waals surface area contributed by atoms with E-state index in [1.807, 2.05) is 42.2 Å². The molecule has 152 valence electrons. The van der Waals surface area contributed by atoms with Crippen molar-refractivity contribution in [3.63, 3.8) is 0 Å². The zero-order valence-electron chi connectivity index (χ0n) is 16.7. The first-order valence-electron chi connectivity index (χ1n) is 9.56. The lowest BCUT2D eigenvalue weighted by atomic mass is 10.1. The maximum atomic E-state index is 11.8. The number of benzene rings is 2. The molecule has 7 heteroatoms. The van der Waals surface area contributed by atoms with E-state index in [4.69, 9.17) is 17.0 Å². The lowest BCUT2D eigenvalue weighted by Crippen LogP contribution is -2.28. The fourth-order valence-corrected chi connectivity index (χ4v) is 3.49. The van der Waals surface area contributed by atoms with Gasteiger partial charge in [-0.2, -0.15) is 0 Å². The number of nitrogens with zero attached hydrogens (tertiary/aromatic N) is 1. The molecule has 0 aromatic heterocycles. The van der Waals surface area contributed by atoms with E-state index in [9.17, 15) is 9.59 Å². The molecule has 2 N–H and O–H groups in total. The zero-order valence-corrected chi connectivity index (χ0v) is 17.5. The van der Waals surface area contributed by atoms with E-state index < -0.39 is 0 Å². The number of carbonyl (C=O) groups is 2. The summed E-state index contributed by atoms with van der Waals surface area (Å²) < 4.78 is 4.80. The van der Waals surface area contributed by atoms with E-state index in [0.29, 0.717) is 30.2 Å². The maximum absolute atomic E-state index is 11.8. The normalized spacial score (nSPS) is 13.3. The molecular formula is C22H25N3O3S. The zero-order chi connectivity index (χ0) is 20.8. The number of methoxy groups -OCH3 is 1. The van der Waals surface area contributed by atoms with Gasteiger partial charge in [0.1, 0.15) is 0 Å². The Hall–Kier alpha value is -2.93. The Balaban J connectivity index is 1.53. The van der Waals surface area contributed by atoms with Crippen molar-refractivity contribution in [2.75, 3.05) is 19.0 Å². The van der Waals surface area contributed by atoms with Crippen LogP contribution >= 0.6 is 12.2 Å². The van der Waals surface area contributed by atoms with Crippen molar-refractivity contribution in [3.8, 4) is 0 Å². The Labute approximate surface area is 176 Å². The number of hydrogen-bond acceptors (Lipinski definition) is 4. The highest BCUT2D eigenvalue weighted by Crippen LogP contribution is 2.20. The Morgan fingerprint density at radius 1 is 1.17 bits per heavy atom. The molecule has 6 nitrogen and oxygen atoms in total. The summed E-state index contributed by atoms with van der Waals surface area (Å²) in [7, 11) is 1.36. The Morgan fingerprint density at radius 3 is 2.55 bits per heavy atom. The molecule has 0 radical (unpaired) electrons. The molecule has 0 saturated carbocycles. The van der Waals surface area contributed by atoms with Crippen LogP contribution in [0.5, 0.6) is 0 Å². The summed E-state index contributed by atoms with van der Waals surface area (Å²) in [6.45, 7) is 3.94. The molecule has 0 aliphatic carbocycles. The van der Waals surface area contributed by atoms with Crippen molar-refractivity contribution < 1.29 is 14.3 Å².